The van der Waals surface area contributed by atoms with E-state index >= 15 is 0 Å². The monoisotopic (exact) mass is 397 g/mol. The van der Waals surface area contributed by atoms with Gasteiger partial charge in [0.05, 0.1) is 11.5 Å². The molecule has 0 aliphatic carbocycles. The minimum absolute atomic E-state index is 0.0305. The third-order valence-corrected chi connectivity index (χ3v) is 6.83. The molecule has 5 nitrogen and oxygen atoms in total. The van der Waals surface area contributed by atoms with Crippen LogP contribution in [-0.4, -0.2) is 68.1 Å². The van der Waals surface area contributed by atoms with Crippen molar-refractivity contribution in [3.63, 3.8) is 0 Å². The maximum Gasteiger partial charge on any atom is 0.173 e. The number of sulfone groups is 1. The minimum Gasteiger partial charge on any atom is -0.345 e. The summed E-state index contributed by atoms with van der Waals surface area (Å²) >= 11 is 5.64. The maximum absolute atomic E-state index is 11.9. The molecule has 146 valence electrons. The van der Waals surface area contributed by atoms with Crippen molar-refractivity contribution in [3.05, 3.63) is 29.8 Å². The number of nitrogens with zero attached hydrogens (tertiary/aromatic N) is 2. The molecule has 1 aliphatic heterocycles. The molecule has 0 saturated carbocycles. The summed E-state index contributed by atoms with van der Waals surface area (Å²) in [5.74, 6) is 0.943. The Balaban J connectivity index is 2.06. The molecule has 0 aromatic heterocycles. The predicted octanol–water partition coefficient (Wildman–Crippen LogP) is 2.95. The van der Waals surface area contributed by atoms with Crippen molar-refractivity contribution < 1.29 is 8.42 Å². The summed E-state index contributed by atoms with van der Waals surface area (Å²) in [5.41, 5.74) is 2.23. The van der Waals surface area contributed by atoms with Crippen LogP contribution in [0, 0.1) is 0 Å². The zero-order chi connectivity index (χ0) is 19.3. The molecule has 1 saturated heterocycles. The van der Waals surface area contributed by atoms with Gasteiger partial charge in [-0.05, 0) is 69.3 Å². The van der Waals surface area contributed by atoms with Crippen molar-refractivity contribution >= 4 is 32.9 Å². The fraction of sp³-hybridized carbons (Fsp3) is 0.632. The molecule has 1 heterocycles. The number of rotatable bonds is 7. The second-order valence-corrected chi connectivity index (χ2v) is 10.2. The lowest BCUT2D eigenvalue weighted by Gasteiger charge is -2.31. The Morgan fingerprint density at radius 2 is 1.88 bits per heavy atom. The number of nitrogens with one attached hydrogen (secondary N) is 1. The second-order valence-electron chi connectivity index (χ2n) is 7.61. The molecule has 0 bridgehead atoms. The third-order valence-electron chi connectivity index (χ3n) is 4.74. The summed E-state index contributed by atoms with van der Waals surface area (Å²) in [7, 11) is 1.13. The van der Waals surface area contributed by atoms with Gasteiger partial charge in [-0.2, -0.15) is 0 Å². The number of benzene rings is 1. The Bertz CT molecular complexity index is 700. The molecule has 2 rings (SSSR count). The van der Waals surface area contributed by atoms with Gasteiger partial charge in [0.15, 0.2) is 14.9 Å². The first-order valence-corrected chi connectivity index (χ1v) is 11.4. The first kappa shape index (κ1) is 21.1. The van der Waals surface area contributed by atoms with E-state index < -0.39 is 9.84 Å². The van der Waals surface area contributed by atoms with Gasteiger partial charge in [-0.25, -0.2) is 8.42 Å². The van der Waals surface area contributed by atoms with Crippen molar-refractivity contribution in [2.75, 3.05) is 44.0 Å². The summed E-state index contributed by atoms with van der Waals surface area (Å²) in [4.78, 5) is 4.20. The molecule has 26 heavy (non-hydrogen) atoms. The molecular weight excluding hydrogens is 366 g/mol. The Hall–Kier alpha value is -1.18. The van der Waals surface area contributed by atoms with Gasteiger partial charge in [0, 0.05) is 18.3 Å². The van der Waals surface area contributed by atoms with Crippen LogP contribution in [-0.2, 0) is 9.84 Å². The van der Waals surface area contributed by atoms with E-state index in [0.717, 1.165) is 25.2 Å². The lowest BCUT2D eigenvalue weighted by Crippen LogP contribution is -2.44. The molecule has 1 aromatic carbocycles. The highest BCUT2D eigenvalue weighted by atomic mass is 32.2. The lowest BCUT2D eigenvalue weighted by molar-refractivity contribution is 0.306. The Labute approximate surface area is 163 Å². The van der Waals surface area contributed by atoms with Gasteiger partial charge < -0.3 is 15.1 Å². The van der Waals surface area contributed by atoms with Gasteiger partial charge in [0.25, 0.3) is 0 Å². The largest absolute Gasteiger partial charge is 0.345 e. The highest BCUT2D eigenvalue weighted by molar-refractivity contribution is 7.91. The smallest absolute Gasteiger partial charge is 0.173 e. The van der Waals surface area contributed by atoms with Crippen LogP contribution >= 0.6 is 12.2 Å². The Kier molecular flexibility index (Phi) is 7.43. The summed E-state index contributed by atoms with van der Waals surface area (Å²) in [6, 6.07) is 8.24. The first-order valence-electron chi connectivity index (χ1n) is 9.20. The number of thiocarbonyl (C=S) groups is 1. The number of hydrogen-bond acceptors (Lipinski definition) is 4. The van der Waals surface area contributed by atoms with Crippen molar-refractivity contribution in [1.82, 2.24) is 9.80 Å². The standard InChI is InChI=1S/C19H31N3O2S2/c1-15(2)16-6-8-17(9-7-16)20-19(25)22(12-5-11-21(3)4)18-10-13-26(23,24)14-18/h6-9,15,18H,5,10-14H2,1-4H3,(H,20,25)/t18-/m1/s1. The van der Waals surface area contributed by atoms with Crippen LogP contribution in [0.15, 0.2) is 24.3 Å². The minimum atomic E-state index is -2.94. The molecule has 1 fully saturated rings. The number of anilines is 1. The van der Waals surface area contributed by atoms with Gasteiger partial charge in [0.1, 0.15) is 0 Å². The van der Waals surface area contributed by atoms with E-state index in [-0.39, 0.29) is 17.5 Å². The molecule has 0 amide bonds. The highest BCUT2D eigenvalue weighted by Crippen LogP contribution is 2.21. The fourth-order valence-corrected chi connectivity index (χ4v) is 5.26. The Morgan fingerprint density at radius 3 is 2.38 bits per heavy atom. The normalized spacial score (nSPS) is 19.1. The lowest BCUT2D eigenvalue weighted by atomic mass is 10.0. The average molecular weight is 398 g/mol. The SMILES string of the molecule is CC(C)c1ccc(NC(=S)N(CCCN(C)C)[C@@H]2CCS(=O)(=O)C2)cc1. The second kappa shape index (κ2) is 9.15. The van der Waals surface area contributed by atoms with E-state index in [1.807, 2.05) is 26.2 Å². The molecule has 0 radical (unpaired) electrons. The van der Waals surface area contributed by atoms with E-state index in [1.54, 1.807) is 0 Å². The van der Waals surface area contributed by atoms with Crippen molar-refractivity contribution in [1.29, 1.82) is 0 Å². The van der Waals surface area contributed by atoms with Crippen LogP contribution in [0.5, 0.6) is 0 Å². The molecular formula is C19H31N3O2S2. The van der Waals surface area contributed by atoms with E-state index in [2.05, 4.69) is 41.1 Å². The molecule has 0 unspecified atom stereocenters. The zero-order valence-electron chi connectivity index (χ0n) is 16.2. The van der Waals surface area contributed by atoms with Crippen LogP contribution in [0.3, 0.4) is 0 Å². The summed E-state index contributed by atoms with van der Waals surface area (Å²) < 4.78 is 23.8. The van der Waals surface area contributed by atoms with Gasteiger partial charge in [0.2, 0.25) is 0 Å². The molecule has 1 N–H and O–H groups in total. The van der Waals surface area contributed by atoms with E-state index in [9.17, 15) is 8.42 Å². The van der Waals surface area contributed by atoms with E-state index in [1.165, 1.54) is 5.56 Å². The summed E-state index contributed by atoms with van der Waals surface area (Å²) in [5, 5.41) is 3.91. The molecule has 0 spiro atoms. The van der Waals surface area contributed by atoms with Crippen LogP contribution < -0.4 is 5.32 Å². The molecule has 1 atom stereocenters. The Morgan fingerprint density at radius 1 is 1.23 bits per heavy atom. The van der Waals surface area contributed by atoms with Crippen molar-refractivity contribution in [2.24, 2.45) is 0 Å². The summed E-state index contributed by atoms with van der Waals surface area (Å²) in [6.07, 6.45) is 1.59. The predicted molar refractivity (Wildman–Crippen MR) is 114 cm³/mol. The van der Waals surface area contributed by atoms with E-state index in [0.29, 0.717) is 17.5 Å². The molecule has 7 heteroatoms. The number of hydrogen-bond donors (Lipinski definition) is 1. The van der Waals surface area contributed by atoms with Crippen LogP contribution in [0.4, 0.5) is 5.69 Å². The van der Waals surface area contributed by atoms with Crippen LogP contribution in [0.25, 0.3) is 0 Å². The van der Waals surface area contributed by atoms with Gasteiger partial charge in [-0.15, -0.1) is 0 Å². The fourth-order valence-electron chi connectivity index (χ4n) is 3.18. The summed E-state index contributed by atoms with van der Waals surface area (Å²) in [6.45, 7) is 6.04. The van der Waals surface area contributed by atoms with Gasteiger partial charge in [-0.3, -0.25) is 0 Å². The van der Waals surface area contributed by atoms with E-state index in [4.69, 9.17) is 12.2 Å². The zero-order valence-corrected chi connectivity index (χ0v) is 17.9. The first-order chi connectivity index (χ1) is 12.2. The topological polar surface area (TPSA) is 52.6 Å². The average Bonchev–Trinajstić information content (AvgIpc) is 2.91. The van der Waals surface area contributed by atoms with Crippen LogP contribution in [0.1, 0.15) is 38.2 Å². The molecule has 1 aliphatic rings. The highest BCUT2D eigenvalue weighted by Gasteiger charge is 2.33. The molecule has 1 aromatic rings. The maximum atomic E-state index is 11.9. The van der Waals surface area contributed by atoms with Gasteiger partial charge in [-0.1, -0.05) is 26.0 Å². The quantitative estimate of drug-likeness (QED) is 0.714. The van der Waals surface area contributed by atoms with Crippen molar-refractivity contribution in [3.8, 4) is 0 Å². The van der Waals surface area contributed by atoms with Crippen molar-refractivity contribution in [2.45, 2.75) is 38.6 Å². The van der Waals surface area contributed by atoms with Gasteiger partial charge >= 0.3 is 0 Å². The third kappa shape index (κ3) is 6.21. The van der Waals surface area contributed by atoms with Crippen LogP contribution in [0.2, 0.25) is 0 Å².